The van der Waals surface area contributed by atoms with Gasteiger partial charge in [0.15, 0.2) is 5.82 Å². The summed E-state index contributed by atoms with van der Waals surface area (Å²) in [5.41, 5.74) is 0.806. The number of aromatic nitrogens is 2. The van der Waals surface area contributed by atoms with Crippen LogP contribution in [0.2, 0.25) is 0 Å². The van der Waals surface area contributed by atoms with Gasteiger partial charge in [0.1, 0.15) is 0 Å². The van der Waals surface area contributed by atoms with Gasteiger partial charge in [-0.1, -0.05) is 60.6 Å². The Bertz CT molecular complexity index is 955. The molecule has 1 amide bonds. The van der Waals surface area contributed by atoms with Crippen LogP contribution >= 0.6 is 0 Å². The summed E-state index contributed by atoms with van der Waals surface area (Å²) in [7, 11) is 0. The van der Waals surface area contributed by atoms with E-state index < -0.39 is 11.7 Å². The molecule has 1 atom stereocenters. The summed E-state index contributed by atoms with van der Waals surface area (Å²) in [5.74, 6) is -0.00595. The fraction of sp³-hybridized carbons (Fsp3) is 0.286. The zero-order chi connectivity index (χ0) is 20.9. The molecule has 0 aliphatic heterocycles. The second-order valence-electron chi connectivity index (χ2n) is 6.79. The van der Waals surface area contributed by atoms with Gasteiger partial charge in [0.25, 0.3) is 0 Å². The van der Waals surface area contributed by atoms with Gasteiger partial charge in [0, 0.05) is 12.5 Å². The van der Waals surface area contributed by atoms with Crippen LogP contribution in [0.4, 0.5) is 13.2 Å². The first-order chi connectivity index (χ1) is 13.8. The maximum atomic E-state index is 12.8. The van der Waals surface area contributed by atoms with Crippen molar-refractivity contribution in [3.63, 3.8) is 0 Å². The minimum atomic E-state index is -4.38. The zero-order valence-corrected chi connectivity index (χ0v) is 15.7. The number of hydrogen-bond donors (Lipinski definition) is 1. The van der Waals surface area contributed by atoms with Gasteiger partial charge in [-0.25, -0.2) is 0 Å². The number of carbonyl (C=O) groups excluding carboxylic acids is 1. The standard InChI is InChI=1S/C21H20F3N3O2/c1-14(10-16-8-5-9-17(11-16)21(22,23)24)20-26-18(27-29-20)12-19(28)25-13-15-6-3-2-4-7-15/h2-9,11,14H,10,12-13H2,1H3,(H,25,28). The molecule has 1 unspecified atom stereocenters. The number of carbonyl (C=O) groups is 1. The first-order valence-electron chi connectivity index (χ1n) is 9.10. The van der Waals surface area contributed by atoms with Crippen molar-refractivity contribution in [1.82, 2.24) is 15.5 Å². The van der Waals surface area contributed by atoms with Gasteiger partial charge in [-0.2, -0.15) is 18.2 Å². The normalized spacial score (nSPS) is 12.6. The fourth-order valence-corrected chi connectivity index (χ4v) is 2.86. The molecule has 1 heterocycles. The average molecular weight is 403 g/mol. The number of alkyl halides is 3. The van der Waals surface area contributed by atoms with Crippen molar-refractivity contribution in [2.45, 2.75) is 38.4 Å². The van der Waals surface area contributed by atoms with Gasteiger partial charge >= 0.3 is 6.18 Å². The molecule has 0 radical (unpaired) electrons. The molecule has 0 spiro atoms. The second-order valence-corrected chi connectivity index (χ2v) is 6.79. The third-order valence-corrected chi connectivity index (χ3v) is 4.35. The first kappa shape index (κ1) is 20.6. The summed E-state index contributed by atoms with van der Waals surface area (Å²) in [6.07, 6.45) is -4.11. The van der Waals surface area contributed by atoms with E-state index in [0.717, 1.165) is 17.7 Å². The molecule has 152 valence electrons. The first-order valence-corrected chi connectivity index (χ1v) is 9.10. The van der Waals surface area contributed by atoms with Crippen LogP contribution < -0.4 is 5.32 Å². The topological polar surface area (TPSA) is 68.0 Å². The van der Waals surface area contributed by atoms with E-state index in [4.69, 9.17) is 4.52 Å². The smallest absolute Gasteiger partial charge is 0.352 e. The second kappa shape index (κ2) is 8.89. The van der Waals surface area contributed by atoms with Crippen molar-refractivity contribution in [3.05, 3.63) is 83.0 Å². The number of nitrogens with zero attached hydrogens (tertiary/aromatic N) is 2. The molecule has 0 saturated carbocycles. The van der Waals surface area contributed by atoms with E-state index in [1.807, 2.05) is 30.3 Å². The predicted octanol–water partition coefficient (Wildman–Crippen LogP) is 4.29. The third kappa shape index (κ3) is 5.91. The van der Waals surface area contributed by atoms with Crippen LogP contribution in [-0.4, -0.2) is 16.0 Å². The minimum Gasteiger partial charge on any atom is -0.352 e. The molecule has 0 bridgehead atoms. The molecule has 0 fully saturated rings. The fourth-order valence-electron chi connectivity index (χ4n) is 2.86. The minimum absolute atomic E-state index is 0.0351. The maximum absolute atomic E-state index is 12.8. The highest BCUT2D eigenvalue weighted by molar-refractivity contribution is 5.77. The van der Waals surface area contributed by atoms with Gasteiger partial charge < -0.3 is 9.84 Å². The number of nitrogens with one attached hydrogen (secondary N) is 1. The van der Waals surface area contributed by atoms with E-state index >= 15 is 0 Å². The molecule has 1 aromatic heterocycles. The van der Waals surface area contributed by atoms with Gasteiger partial charge in [-0.15, -0.1) is 0 Å². The molecule has 5 nitrogen and oxygen atoms in total. The van der Waals surface area contributed by atoms with Crippen LogP contribution in [-0.2, 0) is 30.4 Å². The molecule has 0 aliphatic carbocycles. The molecular weight excluding hydrogens is 383 g/mol. The summed E-state index contributed by atoms with van der Waals surface area (Å²) in [6, 6.07) is 14.6. The summed E-state index contributed by atoms with van der Waals surface area (Å²) < 4.78 is 43.7. The Hall–Kier alpha value is -3.16. The van der Waals surface area contributed by atoms with Crippen molar-refractivity contribution >= 4 is 5.91 Å². The summed E-state index contributed by atoms with van der Waals surface area (Å²) in [4.78, 5) is 16.3. The Balaban J connectivity index is 1.56. The molecule has 3 rings (SSSR count). The molecule has 1 N–H and O–H groups in total. The molecular formula is C21H20F3N3O2. The number of hydrogen-bond acceptors (Lipinski definition) is 4. The zero-order valence-electron chi connectivity index (χ0n) is 15.7. The van der Waals surface area contributed by atoms with Gasteiger partial charge in [0.2, 0.25) is 11.8 Å². The van der Waals surface area contributed by atoms with E-state index in [1.165, 1.54) is 6.07 Å². The van der Waals surface area contributed by atoms with Crippen LogP contribution in [0.1, 0.15) is 41.2 Å². The Labute approximate surface area is 165 Å². The van der Waals surface area contributed by atoms with Gasteiger partial charge in [-0.05, 0) is 23.6 Å². The predicted molar refractivity (Wildman–Crippen MR) is 99.9 cm³/mol. The lowest BCUT2D eigenvalue weighted by molar-refractivity contribution is -0.137. The van der Waals surface area contributed by atoms with Crippen LogP contribution in [0.5, 0.6) is 0 Å². The SMILES string of the molecule is CC(Cc1cccc(C(F)(F)F)c1)c1nc(CC(=O)NCc2ccccc2)no1. The van der Waals surface area contributed by atoms with Gasteiger partial charge in [-0.3, -0.25) is 4.79 Å². The van der Waals surface area contributed by atoms with E-state index in [0.29, 0.717) is 18.5 Å². The molecule has 0 aliphatic rings. The van der Waals surface area contributed by atoms with Crippen LogP contribution in [0, 0.1) is 0 Å². The quantitative estimate of drug-likeness (QED) is 0.639. The van der Waals surface area contributed by atoms with E-state index in [2.05, 4.69) is 15.5 Å². The number of amides is 1. The molecule has 0 saturated heterocycles. The highest BCUT2D eigenvalue weighted by Crippen LogP contribution is 2.30. The molecule has 3 aromatic rings. The highest BCUT2D eigenvalue weighted by atomic mass is 19.4. The number of benzene rings is 2. The number of halogens is 3. The monoisotopic (exact) mass is 403 g/mol. The van der Waals surface area contributed by atoms with Crippen LogP contribution in [0.25, 0.3) is 0 Å². The molecule has 2 aromatic carbocycles. The molecule has 8 heteroatoms. The average Bonchev–Trinajstić information content (AvgIpc) is 3.15. The highest BCUT2D eigenvalue weighted by Gasteiger charge is 2.30. The Morgan fingerprint density at radius 3 is 2.55 bits per heavy atom. The van der Waals surface area contributed by atoms with Crippen molar-refractivity contribution in [2.24, 2.45) is 0 Å². The number of rotatable bonds is 7. The van der Waals surface area contributed by atoms with Crippen molar-refractivity contribution < 1.29 is 22.5 Å². The van der Waals surface area contributed by atoms with E-state index in [1.54, 1.807) is 13.0 Å². The Kier molecular flexibility index (Phi) is 6.31. The lowest BCUT2D eigenvalue weighted by Gasteiger charge is -2.10. The summed E-state index contributed by atoms with van der Waals surface area (Å²) in [5, 5.41) is 6.58. The van der Waals surface area contributed by atoms with Crippen LogP contribution in [0.3, 0.4) is 0 Å². The van der Waals surface area contributed by atoms with E-state index in [9.17, 15) is 18.0 Å². The molecule has 29 heavy (non-hydrogen) atoms. The largest absolute Gasteiger partial charge is 0.416 e. The summed E-state index contributed by atoms with van der Waals surface area (Å²) in [6.45, 7) is 2.18. The lowest BCUT2D eigenvalue weighted by Crippen LogP contribution is -2.25. The van der Waals surface area contributed by atoms with E-state index in [-0.39, 0.29) is 30.0 Å². The van der Waals surface area contributed by atoms with Crippen molar-refractivity contribution in [1.29, 1.82) is 0 Å². The van der Waals surface area contributed by atoms with Crippen LogP contribution in [0.15, 0.2) is 59.1 Å². The van der Waals surface area contributed by atoms with Crippen molar-refractivity contribution in [2.75, 3.05) is 0 Å². The Morgan fingerprint density at radius 1 is 1.10 bits per heavy atom. The summed E-state index contributed by atoms with van der Waals surface area (Å²) >= 11 is 0. The van der Waals surface area contributed by atoms with Gasteiger partial charge in [0.05, 0.1) is 12.0 Å². The van der Waals surface area contributed by atoms with Crippen molar-refractivity contribution in [3.8, 4) is 0 Å². The maximum Gasteiger partial charge on any atom is 0.416 e. The third-order valence-electron chi connectivity index (χ3n) is 4.35. The Morgan fingerprint density at radius 2 is 1.83 bits per heavy atom. The lowest BCUT2D eigenvalue weighted by atomic mass is 9.99.